The van der Waals surface area contributed by atoms with Crippen molar-refractivity contribution in [1.82, 2.24) is 0 Å². The highest BCUT2D eigenvalue weighted by atomic mass is 32.1. The monoisotopic (exact) mass is 125 g/mol. The quantitative estimate of drug-likeness (QED) is 0.540. The summed E-state index contributed by atoms with van der Waals surface area (Å²) in [4.78, 5) is 2.76. The Morgan fingerprint density at radius 3 is 2.62 bits per heavy atom. The lowest BCUT2D eigenvalue weighted by Gasteiger charge is -1.80. The van der Waals surface area contributed by atoms with E-state index in [0.29, 0.717) is 0 Å². The Hall–Kier alpha value is -0.300. The minimum absolute atomic E-state index is 0.929. The predicted octanol–water partition coefficient (Wildman–Crippen LogP) is 2.43. The van der Waals surface area contributed by atoms with Crippen LogP contribution in [0.1, 0.15) is 9.75 Å². The standard InChI is InChI=1S/C7H9S/c1-3-7-5-4-6(2)8-7/h4-5H,1,3H2,2H3. The zero-order valence-corrected chi connectivity index (χ0v) is 5.79. The smallest absolute Gasteiger partial charge is 0.00480 e. The molecular weight excluding hydrogens is 116 g/mol. The second kappa shape index (κ2) is 2.31. The van der Waals surface area contributed by atoms with Gasteiger partial charge in [-0.25, -0.2) is 0 Å². The topological polar surface area (TPSA) is 0 Å². The molecule has 1 radical (unpaired) electrons. The van der Waals surface area contributed by atoms with Crippen LogP contribution in [0.15, 0.2) is 12.1 Å². The molecule has 0 aliphatic heterocycles. The summed E-state index contributed by atoms with van der Waals surface area (Å²) in [5, 5.41) is 0. The van der Waals surface area contributed by atoms with Crippen LogP contribution in [0.3, 0.4) is 0 Å². The molecule has 0 aliphatic carbocycles. The van der Waals surface area contributed by atoms with Crippen molar-refractivity contribution in [2.75, 3.05) is 0 Å². The Bertz CT molecular complexity index is 165. The Morgan fingerprint density at radius 1 is 1.62 bits per heavy atom. The van der Waals surface area contributed by atoms with E-state index in [0.717, 1.165) is 6.42 Å². The van der Waals surface area contributed by atoms with Crippen molar-refractivity contribution in [3.63, 3.8) is 0 Å². The van der Waals surface area contributed by atoms with E-state index in [9.17, 15) is 0 Å². The summed E-state index contributed by atoms with van der Waals surface area (Å²) in [6.45, 7) is 5.89. The zero-order chi connectivity index (χ0) is 5.98. The molecule has 8 heavy (non-hydrogen) atoms. The molecule has 0 atom stereocenters. The average molecular weight is 125 g/mol. The van der Waals surface area contributed by atoms with Crippen molar-refractivity contribution in [3.05, 3.63) is 28.8 Å². The van der Waals surface area contributed by atoms with E-state index in [1.54, 1.807) is 0 Å². The fourth-order valence-corrected chi connectivity index (χ4v) is 1.41. The molecule has 1 heteroatoms. The molecule has 1 aromatic rings. The van der Waals surface area contributed by atoms with Gasteiger partial charge in [-0.05, 0) is 32.4 Å². The highest BCUT2D eigenvalue weighted by molar-refractivity contribution is 7.11. The van der Waals surface area contributed by atoms with Gasteiger partial charge >= 0.3 is 0 Å². The lowest BCUT2D eigenvalue weighted by atomic mass is 10.4. The molecule has 0 aromatic carbocycles. The van der Waals surface area contributed by atoms with E-state index in [1.165, 1.54) is 9.75 Å². The molecular formula is C7H9S. The summed E-state index contributed by atoms with van der Waals surface area (Å²) in [7, 11) is 0. The molecule has 0 nitrogen and oxygen atoms in total. The average Bonchev–Trinajstić information content (AvgIpc) is 2.14. The van der Waals surface area contributed by atoms with Crippen LogP contribution in [0.5, 0.6) is 0 Å². The summed E-state index contributed by atoms with van der Waals surface area (Å²) in [5.74, 6) is 0. The van der Waals surface area contributed by atoms with Crippen LogP contribution in [0.4, 0.5) is 0 Å². The van der Waals surface area contributed by atoms with Crippen LogP contribution in [-0.4, -0.2) is 0 Å². The SMILES string of the molecule is [CH2]Cc1ccc(C)s1. The van der Waals surface area contributed by atoms with Gasteiger partial charge in [0.2, 0.25) is 0 Å². The second-order valence-corrected chi connectivity index (χ2v) is 3.13. The molecule has 1 heterocycles. The van der Waals surface area contributed by atoms with Crippen molar-refractivity contribution in [3.8, 4) is 0 Å². The first-order valence-corrected chi connectivity index (χ1v) is 3.49. The summed E-state index contributed by atoms with van der Waals surface area (Å²) in [6, 6.07) is 4.26. The van der Waals surface area contributed by atoms with Crippen LogP contribution < -0.4 is 0 Å². The Morgan fingerprint density at radius 2 is 2.38 bits per heavy atom. The number of rotatable bonds is 1. The van der Waals surface area contributed by atoms with E-state index in [1.807, 2.05) is 11.3 Å². The first-order valence-electron chi connectivity index (χ1n) is 2.67. The highest BCUT2D eigenvalue weighted by Crippen LogP contribution is 2.14. The van der Waals surface area contributed by atoms with Gasteiger partial charge in [0.1, 0.15) is 0 Å². The van der Waals surface area contributed by atoms with E-state index in [4.69, 9.17) is 0 Å². The van der Waals surface area contributed by atoms with Crippen molar-refractivity contribution in [2.45, 2.75) is 13.3 Å². The van der Waals surface area contributed by atoms with E-state index in [2.05, 4.69) is 26.0 Å². The van der Waals surface area contributed by atoms with Gasteiger partial charge in [-0.1, -0.05) is 0 Å². The lowest BCUT2D eigenvalue weighted by Crippen LogP contribution is -1.64. The summed E-state index contributed by atoms with van der Waals surface area (Å²) in [5.41, 5.74) is 0. The summed E-state index contributed by atoms with van der Waals surface area (Å²) in [6.07, 6.45) is 0.929. The third-order valence-corrected chi connectivity index (χ3v) is 2.10. The maximum Gasteiger partial charge on any atom is 0.00480 e. The van der Waals surface area contributed by atoms with Crippen LogP contribution >= 0.6 is 11.3 Å². The van der Waals surface area contributed by atoms with Gasteiger partial charge in [0, 0.05) is 9.75 Å². The fourth-order valence-electron chi connectivity index (χ4n) is 0.619. The first kappa shape index (κ1) is 5.83. The Labute approximate surface area is 54.2 Å². The van der Waals surface area contributed by atoms with Crippen molar-refractivity contribution < 1.29 is 0 Å². The maximum atomic E-state index is 3.78. The molecule has 0 saturated heterocycles. The maximum absolute atomic E-state index is 3.78. The second-order valence-electron chi connectivity index (χ2n) is 1.76. The van der Waals surface area contributed by atoms with Gasteiger partial charge in [0.15, 0.2) is 0 Å². The summed E-state index contributed by atoms with van der Waals surface area (Å²) >= 11 is 1.83. The Balaban J connectivity index is 2.84. The van der Waals surface area contributed by atoms with E-state index >= 15 is 0 Å². The van der Waals surface area contributed by atoms with Gasteiger partial charge in [0.25, 0.3) is 0 Å². The minimum Gasteiger partial charge on any atom is -0.146 e. The van der Waals surface area contributed by atoms with E-state index < -0.39 is 0 Å². The normalized spacial score (nSPS) is 9.75. The van der Waals surface area contributed by atoms with Gasteiger partial charge in [0.05, 0.1) is 0 Å². The number of thiophene rings is 1. The van der Waals surface area contributed by atoms with Crippen LogP contribution in [0, 0.1) is 13.8 Å². The molecule has 0 unspecified atom stereocenters. The zero-order valence-electron chi connectivity index (χ0n) is 4.98. The van der Waals surface area contributed by atoms with Crippen molar-refractivity contribution in [2.24, 2.45) is 0 Å². The van der Waals surface area contributed by atoms with Crippen molar-refractivity contribution in [1.29, 1.82) is 0 Å². The largest absolute Gasteiger partial charge is 0.146 e. The molecule has 0 spiro atoms. The number of hydrogen-bond donors (Lipinski definition) is 0. The molecule has 0 amide bonds. The molecule has 43 valence electrons. The highest BCUT2D eigenvalue weighted by Gasteiger charge is 1.89. The number of hydrogen-bond acceptors (Lipinski definition) is 1. The summed E-state index contributed by atoms with van der Waals surface area (Å²) < 4.78 is 0. The van der Waals surface area contributed by atoms with Gasteiger partial charge in [-0.3, -0.25) is 0 Å². The van der Waals surface area contributed by atoms with Gasteiger partial charge in [-0.15, -0.1) is 11.3 Å². The van der Waals surface area contributed by atoms with Crippen LogP contribution in [0.25, 0.3) is 0 Å². The molecule has 1 rings (SSSR count). The molecule has 0 aliphatic rings. The predicted molar refractivity (Wildman–Crippen MR) is 38.1 cm³/mol. The van der Waals surface area contributed by atoms with Gasteiger partial charge in [-0.2, -0.15) is 0 Å². The third kappa shape index (κ3) is 1.10. The molecule has 0 N–H and O–H groups in total. The van der Waals surface area contributed by atoms with Crippen LogP contribution in [-0.2, 0) is 6.42 Å². The van der Waals surface area contributed by atoms with Crippen LogP contribution in [0.2, 0.25) is 0 Å². The molecule has 1 aromatic heterocycles. The van der Waals surface area contributed by atoms with Gasteiger partial charge < -0.3 is 0 Å². The molecule has 0 fully saturated rings. The molecule has 0 saturated carbocycles. The fraction of sp³-hybridized carbons (Fsp3) is 0.286. The number of aryl methyl sites for hydroxylation is 1. The third-order valence-electron chi connectivity index (χ3n) is 1.04. The van der Waals surface area contributed by atoms with E-state index in [-0.39, 0.29) is 0 Å². The first-order chi connectivity index (χ1) is 3.83. The lowest BCUT2D eigenvalue weighted by molar-refractivity contribution is 1.35. The minimum atomic E-state index is 0.929. The molecule has 0 bridgehead atoms. The van der Waals surface area contributed by atoms with Crippen molar-refractivity contribution >= 4 is 11.3 Å². The Kier molecular flexibility index (Phi) is 1.69.